The summed E-state index contributed by atoms with van der Waals surface area (Å²) >= 11 is 0. The van der Waals surface area contributed by atoms with Crippen molar-refractivity contribution in [2.24, 2.45) is 35.5 Å². The molecule has 0 amide bonds. The zero-order valence-electron chi connectivity index (χ0n) is 21.3. The van der Waals surface area contributed by atoms with Crippen LogP contribution in [0.1, 0.15) is 102 Å². The molecule has 4 aliphatic rings. The quantitative estimate of drug-likeness (QED) is 0.391. The third kappa shape index (κ3) is 4.54. The van der Waals surface area contributed by atoms with Crippen LogP contribution >= 0.6 is 0 Å². The van der Waals surface area contributed by atoms with Gasteiger partial charge in [-0.05, 0) is 84.8 Å². The average Bonchev–Trinajstić information content (AvgIpc) is 3.60. The van der Waals surface area contributed by atoms with Crippen molar-refractivity contribution in [3.8, 4) is 0 Å². The predicted molar refractivity (Wildman–Crippen MR) is 141 cm³/mol. The summed E-state index contributed by atoms with van der Waals surface area (Å²) in [5.41, 5.74) is 5.52. The molecule has 3 fully saturated rings. The fraction of sp³-hybridized carbons (Fsp3) is 0.576. The molecule has 0 aliphatic heterocycles. The Morgan fingerprint density at radius 2 is 1.43 bits per heavy atom. The van der Waals surface area contributed by atoms with Crippen LogP contribution in [0.2, 0.25) is 0 Å². The minimum atomic E-state index is 0.143. The maximum absolute atomic E-state index is 13.4. The Balaban J connectivity index is 1.08. The SMILES string of the molecule is CCC1Cc2ccc(CC(=O)c3ccc(C(=O)C4CC5CCC(C4)C5C4CCCC4)cc3)cc2C1. The molecule has 0 radical (unpaired) electrons. The lowest BCUT2D eigenvalue weighted by Crippen LogP contribution is -2.34. The second-order valence-electron chi connectivity index (χ2n) is 12.2. The maximum Gasteiger partial charge on any atom is 0.167 e. The maximum atomic E-state index is 13.4. The number of carbonyl (C=O) groups is 2. The van der Waals surface area contributed by atoms with Gasteiger partial charge in [0.15, 0.2) is 11.6 Å². The van der Waals surface area contributed by atoms with Crippen molar-refractivity contribution >= 4 is 11.6 Å². The predicted octanol–water partition coefficient (Wildman–Crippen LogP) is 7.66. The van der Waals surface area contributed by atoms with Gasteiger partial charge in [-0.25, -0.2) is 0 Å². The summed E-state index contributed by atoms with van der Waals surface area (Å²) in [6, 6.07) is 14.2. The van der Waals surface area contributed by atoms with Crippen LogP contribution in [0.5, 0.6) is 0 Å². The molecule has 2 bridgehead atoms. The molecule has 6 rings (SSSR count). The largest absolute Gasteiger partial charge is 0.294 e. The molecule has 35 heavy (non-hydrogen) atoms. The van der Waals surface area contributed by atoms with Gasteiger partial charge in [0.05, 0.1) is 0 Å². The molecule has 2 heteroatoms. The van der Waals surface area contributed by atoms with Crippen molar-refractivity contribution in [3.05, 3.63) is 70.3 Å². The van der Waals surface area contributed by atoms with E-state index in [1.165, 1.54) is 62.5 Å². The average molecular weight is 469 g/mol. The Labute approximate surface area is 210 Å². The molecule has 0 aromatic heterocycles. The van der Waals surface area contributed by atoms with E-state index in [1.54, 1.807) is 0 Å². The summed E-state index contributed by atoms with van der Waals surface area (Å²) in [7, 11) is 0. The Hall–Kier alpha value is -2.22. The van der Waals surface area contributed by atoms with Crippen LogP contribution in [0.15, 0.2) is 42.5 Å². The van der Waals surface area contributed by atoms with E-state index in [-0.39, 0.29) is 11.7 Å². The van der Waals surface area contributed by atoms with Gasteiger partial charge < -0.3 is 0 Å². The fourth-order valence-electron chi connectivity index (χ4n) is 8.41. The summed E-state index contributed by atoms with van der Waals surface area (Å²) in [4.78, 5) is 26.4. The highest BCUT2D eigenvalue weighted by molar-refractivity contribution is 6.01. The van der Waals surface area contributed by atoms with Gasteiger partial charge in [0.25, 0.3) is 0 Å². The van der Waals surface area contributed by atoms with Crippen molar-refractivity contribution < 1.29 is 9.59 Å². The van der Waals surface area contributed by atoms with Crippen LogP contribution in [0.4, 0.5) is 0 Å². The third-order valence-corrected chi connectivity index (χ3v) is 10.2. The number of Topliss-reactive ketones (excluding diaryl/α,β-unsaturated/α-hetero) is 2. The van der Waals surface area contributed by atoms with E-state index in [2.05, 4.69) is 25.1 Å². The van der Waals surface area contributed by atoms with Gasteiger partial charge in [-0.15, -0.1) is 0 Å². The van der Waals surface area contributed by atoms with Gasteiger partial charge >= 0.3 is 0 Å². The van der Waals surface area contributed by atoms with Crippen LogP contribution in [0.25, 0.3) is 0 Å². The van der Waals surface area contributed by atoms with Crippen molar-refractivity contribution in [1.82, 2.24) is 0 Å². The molecule has 0 spiro atoms. The number of fused-ring (bicyclic) bond motifs is 3. The number of benzene rings is 2. The zero-order chi connectivity index (χ0) is 23.9. The zero-order valence-corrected chi connectivity index (χ0v) is 21.3. The normalized spacial score (nSPS) is 29.9. The van der Waals surface area contributed by atoms with E-state index in [1.807, 2.05) is 24.3 Å². The van der Waals surface area contributed by atoms with E-state index < -0.39 is 0 Å². The number of rotatable bonds is 7. The number of hydrogen-bond donors (Lipinski definition) is 0. The number of ketones is 2. The number of hydrogen-bond acceptors (Lipinski definition) is 2. The Morgan fingerprint density at radius 3 is 2.11 bits per heavy atom. The van der Waals surface area contributed by atoms with Gasteiger partial charge in [0.2, 0.25) is 0 Å². The van der Waals surface area contributed by atoms with Crippen LogP contribution < -0.4 is 0 Å². The van der Waals surface area contributed by atoms with Gasteiger partial charge in [0.1, 0.15) is 0 Å². The molecule has 2 aromatic rings. The van der Waals surface area contributed by atoms with Gasteiger partial charge in [-0.2, -0.15) is 0 Å². The molecule has 4 aliphatic carbocycles. The molecule has 3 saturated carbocycles. The first-order valence-corrected chi connectivity index (χ1v) is 14.4. The molecule has 184 valence electrons. The smallest absolute Gasteiger partial charge is 0.167 e. The van der Waals surface area contributed by atoms with E-state index >= 15 is 0 Å². The van der Waals surface area contributed by atoms with Crippen molar-refractivity contribution in [2.75, 3.05) is 0 Å². The Kier molecular flexibility index (Phi) is 6.41. The molecule has 3 unspecified atom stereocenters. The topological polar surface area (TPSA) is 34.1 Å². The van der Waals surface area contributed by atoms with Crippen LogP contribution in [0, 0.1) is 35.5 Å². The van der Waals surface area contributed by atoms with Crippen molar-refractivity contribution in [1.29, 1.82) is 0 Å². The molecule has 0 N–H and O–H groups in total. The van der Waals surface area contributed by atoms with Gasteiger partial charge in [-0.1, -0.05) is 81.5 Å². The molecule has 0 saturated heterocycles. The lowest BCUT2D eigenvalue weighted by Gasteiger charge is -2.38. The first-order chi connectivity index (χ1) is 17.1. The second kappa shape index (κ2) is 9.68. The molecule has 2 aromatic carbocycles. The van der Waals surface area contributed by atoms with Crippen molar-refractivity contribution in [2.45, 2.75) is 84.0 Å². The fourth-order valence-corrected chi connectivity index (χ4v) is 8.41. The lowest BCUT2D eigenvalue weighted by molar-refractivity contribution is 0.0722. The first-order valence-electron chi connectivity index (χ1n) is 14.4. The summed E-state index contributed by atoms with van der Waals surface area (Å²) in [6.07, 6.45) is 14.5. The summed E-state index contributed by atoms with van der Waals surface area (Å²) in [5.74, 6) is 4.78. The minimum absolute atomic E-state index is 0.143. The third-order valence-electron chi connectivity index (χ3n) is 10.2. The highest BCUT2D eigenvalue weighted by Crippen LogP contribution is 2.55. The van der Waals surface area contributed by atoms with Gasteiger partial charge in [-0.3, -0.25) is 9.59 Å². The standard InChI is InChI=1S/C33H40O2/c1-2-21-15-26-8-7-22(17-29(26)16-21)18-31(34)23-9-11-25(12-10-23)33(35)30-19-27-13-14-28(20-30)32(27)24-5-3-4-6-24/h7-12,17,21,24,27-28,30,32H,2-6,13-16,18-20H2,1H3. The van der Waals surface area contributed by atoms with Crippen LogP contribution in [-0.4, -0.2) is 11.6 Å². The molecular formula is C33H40O2. The van der Waals surface area contributed by atoms with E-state index in [0.717, 1.165) is 65.5 Å². The van der Waals surface area contributed by atoms with Gasteiger partial charge in [0, 0.05) is 23.5 Å². The van der Waals surface area contributed by atoms with Crippen LogP contribution in [-0.2, 0) is 19.3 Å². The lowest BCUT2D eigenvalue weighted by atomic mass is 9.66. The molecule has 2 nitrogen and oxygen atoms in total. The molecule has 3 atom stereocenters. The monoisotopic (exact) mass is 468 g/mol. The van der Waals surface area contributed by atoms with Crippen molar-refractivity contribution in [3.63, 3.8) is 0 Å². The summed E-state index contributed by atoms with van der Waals surface area (Å²) < 4.78 is 0. The first kappa shape index (κ1) is 23.2. The molecular weight excluding hydrogens is 428 g/mol. The number of carbonyl (C=O) groups excluding carboxylic acids is 2. The highest BCUT2D eigenvalue weighted by Gasteiger charge is 2.47. The minimum Gasteiger partial charge on any atom is -0.294 e. The van der Waals surface area contributed by atoms with E-state index in [4.69, 9.17) is 0 Å². The summed E-state index contributed by atoms with van der Waals surface area (Å²) in [5, 5.41) is 0. The van der Waals surface area contributed by atoms with Crippen LogP contribution in [0.3, 0.4) is 0 Å². The Morgan fingerprint density at radius 1 is 0.771 bits per heavy atom. The highest BCUT2D eigenvalue weighted by atomic mass is 16.1. The summed E-state index contributed by atoms with van der Waals surface area (Å²) in [6.45, 7) is 2.26. The molecule has 0 heterocycles. The second-order valence-corrected chi connectivity index (χ2v) is 12.2. The van der Waals surface area contributed by atoms with E-state index in [9.17, 15) is 9.59 Å². The van der Waals surface area contributed by atoms with E-state index in [0.29, 0.717) is 12.2 Å². The Bertz CT molecular complexity index is 1080.